The minimum absolute atomic E-state index is 0.211. The molecule has 2 fully saturated rings. The first-order chi connectivity index (χ1) is 9.67. The second kappa shape index (κ2) is 6.39. The van der Waals surface area contributed by atoms with Gasteiger partial charge >= 0.3 is 0 Å². The van der Waals surface area contributed by atoms with E-state index >= 15 is 0 Å². The largest absolute Gasteiger partial charge is 0.375 e. The Morgan fingerprint density at radius 2 is 2.10 bits per heavy atom. The summed E-state index contributed by atoms with van der Waals surface area (Å²) in [5.41, 5.74) is 6.65. The highest BCUT2D eigenvalue weighted by Crippen LogP contribution is 2.45. The highest BCUT2D eigenvalue weighted by Gasteiger charge is 2.43. The van der Waals surface area contributed by atoms with Crippen LogP contribution in [0.25, 0.3) is 0 Å². The smallest absolute Gasteiger partial charge is 0.0685 e. The van der Waals surface area contributed by atoms with Crippen molar-refractivity contribution in [2.45, 2.75) is 48.6 Å². The number of rotatable bonds is 4. The van der Waals surface area contributed by atoms with Crippen molar-refractivity contribution < 1.29 is 4.74 Å². The maximum absolute atomic E-state index is 6.44. The Morgan fingerprint density at radius 1 is 1.35 bits per heavy atom. The summed E-state index contributed by atoms with van der Waals surface area (Å²) in [5.74, 6) is 1.63. The first-order valence-corrected chi connectivity index (χ1v) is 9.23. The van der Waals surface area contributed by atoms with Crippen molar-refractivity contribution in [1.29, 1.82) is 0 Å². The molecule has 0 bridgehead atoms. The number of halogens is 1. The van der Waals surface area contributed by atoms with E-state index in [-0.39, 0.29) is 11.6 Å². The summed E-state index contributed by atoms with van der Waals surface area (Å²) in [6, 6.07) is 8.76. The lowest BCUT2D eigenvalue weighted by atomic mass is 9.71. The molecule has 3 rings (SSSR count). The van der Waals surface area contributed by atoms with Crippen molar-refractivity contribution in [3.8, 4) is 0 Å². The van der Waals surface area contributed by atoms with E-state index in [1.54, 1.807) is 0 Å². The van der Waals surface area contributed by atoms with E-state index in [0.29, 0.717) is 5.92 Å². The average Bonchev–Trinajstić information content (AvgIpc) is 2.45. The van der Waals surface area contributed by atoms with Crippen LogP contribution in [0.4, 0.5) is 0 Å². The summed E-state index contributed by atoms with van der Waals surface area (Å²) < 4.78 is 7.12. The third-order valence-corrected chi connectivity index (χ3v) is 6.34. The third-order valence-electron chi connectivity index (χ3n) is 4.66. The van der Waals surface area contributed by atoms with Gasteiger partial charge in [-0.3, -0.25) is 0 Å². The lowest BCUT2D eigenvalue weighted by molar-refractivity contribution is -0.145. The van der Waals surface area contributed by atoms with Crippen molar-refractivity contribution in [3.05, 3.63) is 28.7 Å². The molecule has 0 amide bonds. The molecule has 20 heavy (non-hydrogen) atoms. The number of hydrogen-bond donors (Lipinski definition) is 1. The Morgan fingerprint density at radius 3 is 2.75 bits per heavy atom. The molecule has 2 atom stereocenters. The number of benzene rings is 1. The van der Waals surface area contributed by atoms with Gasteiger partial charge in [0.2, 0.25) is 0 Å². The van der Waals surface area contributed by atoms with Crippen LogP contribution in [0, 0.1) is 5.92 Å². The van der Waals surface area contributed by atoms with Crippen LogP contribution < -0.4 is 5.73 Å². The first-order valence-electron chi connectivity index (χ1n) is 7.45. The molecule has 1 aliphatic carbocycles. The highest BCUT2D eigenvalue weighted by molar-refractivity contribution is 9.10. The number of ether oxygens (including phenoxy) is 1. The van der Waals surface area contributed by atoms with Gasteiger partial charge in [-0.25, -0.2) is 0 Å². The molecule has 1 aliphatic heterocycles. The van der Waals surface area contributed by atoms with E-state index in [4.69, 9.17) is 10.5 Å². The van der Waals surface area contributed by atoms with Crippen LogP contribution in [0.5, 0.6) is 0 Å². The second-order valence-electron chi connectivity index (χ2n) is 6.07. The van der Waals surface area contributed by atoms with Gasteiger partial charge in [0.25, 0.3) is 0 Å². The molecule has 0 aromatic heterocycles. The predicted octanol–water partition coefficient (Wildman–Crippen LogP) is 4.22. The molecule has 1 spiro atoms. The fourth-order valence-electron chi connectivity index (χ4n) is 3.21. The summed E-state index contributed by atoms with van der Waals surface area (Å²) >= 11 is 5.34. The molecule has 2 unspecified atom stereocenters. The van der Waals surface area contributed by atoms with E-state index in [1.165, 1.54) is 30.6 Å². The van der Waals surface area contributed by atoms with Gasteiger partial charge in [-0.1, -0.05) is 15.9 Å². The van der Waals surface area contributed by atoms with E-state index < -0.39 is 0 Å². The van der Waals surface area contributed by atoms with Gasteiger partial charge in [0, 0.05) is 27.8 Å². The van der Waals surface area contributed by atoms with Gasteiger partial charge in [-0.05, 0) is 62.3 Å². The average molecular weight is 356 g/mol. The summed E-state index contributed by atoms with van der Waals surface area (Å²) in [7, 11) is 0. The van der Waals surface area contributed by atoms with Gasteiger partial charge in [0.1, 0.15) is 0 Å². The van der Waals surface area contributed by atoms with Crippen LogP contribution in [0.2, 0.25) is 0 Å². The summed E-state index contributed by atoms with van der Waals surface area (Å²) in [6.07, 6.45) is 6.13. The molecule has 1 aromatic carbocycles. The van der Waals surface area contributed by atoms with Crippen LogP contribution >= 0.6 is 27.7 Å². The quantitative estimate of drug-likeness (QED) is 0.821. The maximum Gasteiger partial charge on any atom is 0.0685 e. The molecule has 2 N–H and O–H groups in total. The highest BCUT2D eigenvalue weighted by atomic mass is 79.9. The van der Waals surface area contributed by atoms with E-state index in [1.807, 2.05) is 11.8 Å². The first kappa shape index (κ1) is 14.9. The molecule has 2 aliphatic rings. The minimum Gasteiger partial charge on any atom is -0.375 e. The molecule has 1 heterocycles. The zero-order chi connectivity index (χ0) is 14.0. The summed E-state index contributed by atoms with van der Waals surface area (Å²) in [4.78, 5) is 1.30. The lowest BCUT2D eigenvalue weighted by Crippen LogP contribution is -2.49. The van der Waals surface area contributed by atoms with E-state index in [2.05, 4.69) is 40.2 Å². The minimum atomic E-state index is 0.211. The second-order valence-corrected chi connectivity index (χ2v) is 8.08. The standard InChI is InChI=1S/C16H22BrNOS/c17-13-2-4-14(5-3-13)20-11-15(18)12-6-9-19-16(10-12)7-1-8-16/h2-5,12,15H,1,6-11,18H2. The molecule has 110 valence electrons. The molecule has 4 heteroatoms. The number of nitrogens with two attached hydrogens (primary N) is 1. The molecule has 1 aromatic rings. The molecular formula is C16H22BrNOS. The molecule has 1 saturated heterocycles. The predicted molar refractivity (Wildman–Crippen MR) is 88.1 cm³/mol. The van der Waals surface area contributed by atoms with Crippen molar-refractivity contribution in [1.82, 2.24) is 0 Å². The maximum atomic E-state index is 6.44. The SMILES string of the molecule is NC(CSc1ccc(Br)cc1)C1CCOC2(CCC2)C1. The van der Waals surface area contributed by atoms with Crippen LogP contribution in [0.3, 0.4) is 0 Å². The topological polar surface area (TPSA) is 35.2 Å². The van der Waals surface area contributed by atoms with Gasteiger partial charge in [0.05, 0.1) is 5.60 Å². The van der Waals surface area contributed by atoms with Crippen molar-refractivity contribution >= 4 is 27.7 Å². The van der Waals surface area contributed by atoms with Crippen molar-refractivity contribution in [2.24, 2.45) is 11.7 Å². The fourth-order valence-corrected chi connectivity index (χ4v) is 4.46. The van der Waals surface area contributed by atoms with Crippen LogP contribution in [0.1, 0.15) is 32.1 Å². The molecule has 2 nitrogen and oxygen atoms in total. The van der Waals surface area contributed by atoms with Gasteiger partial charge in [-0.15, -0.1) is 11.8 Å². The number of hydrogen-bond acceptors (Lipinski definition) is 3. The summed E-state index contributed by atoms with van der Waals surface area (Å²) in [5, 5.41) is 0. The van der Waals surface area contributed by atoms with Crippen LogP contribution in [-0.2, 0) is 4.74 Å². The lowest BCUT2D eigenvalue weighted by Gasteiger charge is -2.48. The Bertz CT molecular complexity index is 446. The van der Waals surface area contributed by atoms with Crippen molar-refractivity contribution in [2.75, 3.05) is 12.4 Å². The fraction of sp³-hybridized carbons (Fsp3) is 0.625. The van der Waals surface area contributed by atoms with Crippen LogP contribution in [-0.4, -0.2) is 24.0 Å². The Kier molecular flexibility index (Phi) is 4.75. The Balaban J connectivity index is 1.51. The van der Waals surface area contributed by atoms with E-state index in [0.717, 1.165) is 23.3 Å². The van der Waals surface area contributed by atoms with E-state index in [9.17, 15) is 0 Å². The molecule has 1 saturated carbocycles. The normalized spacial score (nSPS) is 26.2. The van der Waals surface area contributed by atoms with Gasteiger partial charge in [0.15, 0.2) is 0 Å². The van der Waals surface area contributed by atoms with Crippen molar-refractivity contribution in [3.63, 3.8) is 0 Å². The number of thioether (sulfide) groups is 1. The monoisotopic (exact) mass is 355 g/mol. The Hall–Kier alpha value is -0.0300. The van der Waals surface area contributed by atoms with Gasteiger partial charge < -0.3 is 10.5 Å². The zero-order valence-corrected chi connectivity index (χ0v) is 14.1. The van der Waals surface area contributed by atoms with Crippen LogP contribution in [0.15, 0.2) is 33.6 Å². The summed E-state index contributed by atoms with van der Waals surface area (Å²) in [6.45, 7) is 0.904. The molecular weight excluding hydrogens is 334 g/mol. The van der Waals surface area contributed by atoms with Gasteiger partial charge in [-0.2, -0.15) is 0 Å². The molecule has 0 radical (unpaired) electrons. The third kappa shape index (κ3) is 3.41. The zero-order valence-electron chi connectivity index (χ0n) is 11.7. The Labute approximate surface area is 134 Å².